The number of benzene rings is 1. The van der Waals surface area contributed by atoms with Crippen molar-refractivity contribution < 1.29 is 0 Å². The molecule has 0 aromatic heterocycles. The molecule has 0 radical (unpaired) electrons. The average molecular weight is 188 g/mol. The summed E-state index contributed by atoms with van der Waals surface area (Å²) in [5, 5.41) is 11.7. The standard InChI is InChI=1S/C12H16N2/c1-14-12(10-13)9-5-8-11-6-3-2-4-7-11/h2-4,6-7,12,14H,5,8-9H2,1H3. The maximum atomic E-state index is 8.71. The van der Waals surface area contributed by atoms with E-state index in [1.807, 2.05) is 13.1 Å². The number of hydrogen-bond donors (Lipinski definition) is 1. The van der Waals surface area contributed by atoms with E-state index in [1.165, 1.54) is 5.56 Å². The third-order valence-electron chi connectivity index (χ3n) is 2.31. The predicted molar refractivity (Wildman–Crippen MR) is 57.8 cm³/mol. The minimum atomic E-state index is -0.00119. The Hall–Kier alpha value is -1.33. The first-order valence-corrected chi connectivity index (χ1v) is 4.97. The van der Waals surface area contributed by atoms with Gasteiger partial charge in [0.2, 0.25) is 0 Å². The molecule has 0 fully saturated rings. The van der Waals surface area contributed by atoms with E-state index < -0.39 is 0 Å². The highest BCUT2D eigenvalue weighted by molar-refractivity contribution is 5.14. The zero-order chi connectivity index (χ0) is 10.2. The lowest BCUT2D eigenvalue weighted by Crippen LogP contribution is -2.22. The van der Waals surface area contributed by atoms with Gasteiger partial charge in [-0.1, -0.05) is 30.3 Å². The summed E-state index contributed by atoms with van der Waals surface area (Å²) in [6, 6.07) is 12.6. The molecule has 0 aliphatic heterocycles. The zero-order valence-corrected chi connectivity index (χ0v) is 8.53. The fourth-order valence-corrected chi connectivity index (χ4v) is 1.43. The molecular formula is C12H16N2. The van der Waals surface area contributed by atoms with Crippen molar-refractivity contribution in [2.75, 3.05) is 7.05 Å². The van der Waals surface area contributed by atoms with E-state index in [-0.39, 0.29) is 6.04 Å². The van der Waals surface area contributed by atoms with Crippen LogP contribution in [0.5, 0.6) is 0 Å². The molecular weight excluding hydrogens is 172 g/mol. The third-order valence-corrected chi connectivity index (χ3v) is 2.31. The van der Waals surface area contributed by atoms with E-state index in [1.54, 1.807) is 0 Å². The second kappa shape index (κ2) is 6.17. The van der Waals surface area contributed by atoms with Crippen LogP contribution in [0.1, 0.15) is 18.4 Å². The third kappa shape index (κ3) is 3.59. The Morgan fingerprint density at radius 2 is 2.07 bits per heavy atom. The van der Waals surface area contributed by atoms with Crippen molar-refractivity contribution >= 4 is 0 Å². The van der Waals surface area contributed by atoms with Crippen molar-refractivity contribution in [3.8, 4) is 6.07 Å². The van der Waals surface area contributed by atoms with Crippen LogP contribution in [-0.2, 0) is 6.42 Å². The summed E-state index contributed by atoms with van der Waals surface area (Å²) in [6.45, 7) is 0. The second-order valence-electron chi connectivity index (χ2n) is 3.35. The summed E-state index contributed by atoms with van der Waals surface area (Å²) in [5.74, 6) is 0. The first-order valence-electron chi connectivity index (χ1n) is 4.97. The first kappa shape index (κ1) is 10.7. The Morgan fingerprint density at radius 3 is 2.64 bits per heavy atom. The number of aryl methyl sites for hydroxylation is 1. The molecule has 14 heavy (non-hydrogen) atoms. The smallest absolute Gasteiger partial charge is 0.0950 e. The predicted octanol–water partition coefficient (Wildman–Crippen LogP) is 2.12. The monoisotopic (exact) mass is 188 g/mol. The number of rotatable bonds is 5. The number of nitrogens with one attached hydrogen (secondary N) is 1. The van der Waals surface area contributed by atoms with E-state index in [4.69, 9.17) is 5.26 Å². The SMILES string of the molecule is CNC(C#N)CCCc1ccccc1. The molecule has 0 saturated carbocycles. The Bertz CT molecular complexity index is 287. The summed E-state index contributed by atoms with van der Waals surface area (Å²) >= 11 is 0. The van der Waals surface area contributed by atoms with Crippen molar-refractivity contribution in [3.63, 3.8) is 0 Å². The fourth-order valence-electron chi connectivity index (χ4n) is 1.43. The Kier molecular flexibility index (Phi) is 4.74. The molecule has 1 atom stereocenters. The molecule has 1 aromatic rings. The molecule has 2 heteroatoms. The van der Waals surface area contributed by atoms with Crippen LogP contribution >= 0.6 is 0 Å². The molecule has 0 aliphatic rings. The minimum Gasteiger partial charge on any atom is -0.305 e. The van der Waals surface area contributed by atoms with Gasteiger partial charge in [0.05, 0.1) is 12.1 Å². The van der Waals surface area contributed by atoms with Crippen molar-refractivity contribution in [1.29, 1.82) is 5.26 Å². The quantitative estimate of drug-likeness (QED) is 0.768. The van der Waals surface area contributed by atoms with Gasteiger partial charge in [-0.25, -0.2) is 0 Å². The largest absolute Gasteiger partial charge is 0.305 e. The lowest BCUT2D eigenvalue weighted by atomic mass is 10.1. The van der Waals surface area contributed by atoms with Crippen LogP contribution < -0.4 is 5.32 Å². The molecule has 0 bridgehead atoms. The summed E-state index contributed by atoms with van der Waals surface area (Å²) in [4.78, 5) is 0. The van der Waals surface area contributed by atoms with Crippen molar-refractivity contribution in [1.82, 2.24) is 5.32 Å². The van der Waals surface area contributed by atoms with Gasteiger partial charge >= 0.3 is 0 Å². The maximum Gasteiger partial charge on any atom is 0.0950 e. The van der Waals surface area contributed by atoms with Gasteiger partial charge in [0.25, 0.3) is 0 Å². The average Bonchev–Trinajstić information content (AvgIpc) is 2.26. The van der Waals surface area contributed by atoms with Gasteiger partial charge in [0.15, 0.2) is 0 Å². The second-order valence-corrected chi connectivity index (χ2v) is 3.35. The number of nitrogens with zero attached hydrogens (tertiary/aromatic N) is 1. The molecule has 1 unspecified atom stereocenters. The first-order chi connectivity index (χ1) is 6.86. The van der Waals surface area contributed by atoms with Gasteiger partial charge in [-0.3, -0.25) is 0 Å². The Morgan fingerprint density at radius 1 is 1.36 bits per heavy atom. The summed E-state index contributed by atoms with van der Waals surface area (Å²) in [5.41, 5.74) is 1.35. The van der Waals surface area contributed by atoms with Crippen LogP contribution in [0.15, 0.2) is 30.3 Å². The van der Waals surface area contributed by atoms with Crippen LogP contribution in [0.4, 0.5) is 0 Å². The normalized spacial score (nSPS) is 12.0. The molecule has 74 valence electrons. The molecule has 2 nitrogen and oxygen atoms in total. The highest BCUT2D eigenvalue weighted by Crippen LogP contribution is 2.05. The van der Waals surface area contributed by atoms with E-state index in [2.05, 4.69) is 35.7 Å². The maximum absolute atomic E-state index is 8.71. The van der Waals surface area contributed by atoms with Crippen LogP contribution in [0, 0.1) is 11.3 Å². The highest BCUT2D eigenvalue weighted by atomic mass is 14.9. The molecule has 0 amide bonds. The van der Waals surface area contributed by atoms with E-state index >= 15 is 0 Å². The molecule has 0 heterocycles. The van der Waals surface area contributed by atoms with Gasteiger partial charge in [0, 0.05) is 0 Å². The van der Waals surface area contributed by atoms with E-state index in [0.29, 0.717) is 0 Å². The van der Waals surface area contributed by atoms with E-state index in [0.717, 1.165) is 19.3 Å². The van der Waals surface area contributed by atoms with Crippen molar-refractivity contribution in [2.24, 2.45) is 0 Å². The van der Waals surface area contributed by atoms with Gasteiger partial charge < -0.3 is 5.32 Å². The molecule has 0 spiro atoms. The minimum absolute atomic E-state index is 0.00119. The van der Waals surface area contributed by atoms with Crippen LogP contribution in [0.2, 0.25) is 0 Å². The fraction of sp³-hybridized carbons (Fsp3) is 0.417. The molecule has 1 aromatic carbocycles. The van der Waals surface area contributed by atoms with Crippen LogP contribution in [-0.4, -0.2) is 13.1 Å². The van der Waals surface area contributed by atoms with Crippen LogP contribution in [0.3, 0.4) is 0 Å². The van der Waals surface area contributed by atoms with E-state index in [9.17, 15) is 0 Å². The summed E-state index contributed by atoms with van der Waals surface area (Å²) in [7, 11) is 1.83. The number of nitriles is 1. The van der Waals surface area contributed by atoms with Gasteiger partial charge in [-0.15, -0.1) is 0 Å². The molecule has 1 N–H and O–H groups in total. The van der Waals surface area contributed by atoms with Crippen molar-refractivity contribution in [3.05, 3.63) is 35.9 Å². The lowest BCUT2D eigenvalue weighted by molar-refractivity contribution is 0.594. The summed E-state index contributed by atoms with van der Waals surface area (Å²) in [6.07, 6.45) is 3.03. The van der Waals surface area contributed by atoms with Gasteiger partial charge in [-0.05, 0) is 31.9 Å². The Labute approximate surface area is 85.6 Å². The molecule has 0 aliphatic carbocycles. The Balaban J connectivity index is 2.26. The summed E-state index contributed by atoms with van der Waals surface area (Å²) < 4.78 is 0. The number of hydrogen-bond acceptors (Lipinski definition) is 2. The highest BCUT2D eigenvalue weighted by Gasteiger charge is 2.02. The van der Waals surface area contributed by atoms with Crippen LogP contribution in [0.25, 0.3) is 0 Å². The topological polar surface area (TPSA) is 35.8 Å². The van der Waals surface area contributed by atoms with Gasteiger partial charge in [-0.2, -0.15) is 5.26 Å². The lowest BCUT2D eigenvalue weighted by Gasteiger charge is -2.06. The molecule has 1 rings (SSSR count). The van der Waals surface area contributed by atoms with Gasteiger partial charge in [0.1, 0.15) is 0 Å². The molecule has 0 saturated heterocycles. The zero-order valence-electron chi connectivity index (χ0n) is 8.53. The van der Waals surface area contributed by atoms with Crippen molar-refractivity contribution in [2.45, 2.75) is 25.3 Å².